The smallest absolute Gasteiger partial charge is 0.230 e. The lowest BCUT2D eigenvalue weighted by atomic mass is 9.93. The van der Waals surface area contributed by atoms with Crippen LogP contribution in [0.5, 0.6) is 0 Å². The molecule has 3 atom stereocenters. The van der Waals surface area contributed by atoms with Crippen molar-refractivity contribution in [1.82, 2.24) is 10.2 Å². The Morgan fingerprint density at radius 2 is 1.82 bits per heavy atom. The van der Waals surface area contributed by atoms with E-state index in [1.807, 2.05) is 35.2 Å². The molecule has 2 amide bonds. The van der Waals surface area contributed by atoms with Crippen LogP contribution in [0, 0.1) is 5.92 Å². The fourth-order valence-electron chi connectivity index (χ4n) is 4.55. The predicted molar refractivity (Wildman–Crippen MR) is 114 cm³/mol. The number of nitrogens with zero attached hydrogens (tertiary/aromatic N) is 1. The zero-order valence-corrected chi connectivity index (χ0v) is 17.6. The van der Waals surface area contributed by atoms with Crippen LogP contribution >= 0.6 is 12.4 Å². The van der Waals surface area contributed by atoms with Crippen LogP contribution in [0.25, 0.3) is 0 Å². The van der Waals surface area contributed by atoms with Crippen LogP contribution in [0.4, 0.5) is 0 Å². The molecule has 1 unspecified atom stereocenters. The van der Waals surface area contributed by atoms with Crippen LogP contribution < -0.4 is 11.1 Å². The maximum Gasteiger partial charge on any atom is 0.230 e. The van der Waals surface area contributed by atoms with Gasteiger partial charge in [-0.25, -0.2) is 0 Å². The zero-order chi connectivity index (χ0) is 19.2. The van der Waals surface area contributed by atoms with Crippen molar-refractivity contribution in [2.45, 2.75) is 69.9 Å². The van der Waals surface area contributed by atoms with Crippen LogP contribution in [-0.4, -0.2) is 41.9 Å². The molecule has 1 heterocycles. The number of amides is 2. The number of nitrogens with two attached hydrogens (primary N) is 1. The van der Waals surface area contributed by atoms with Crippen LogP contribution in [0.1, 0.15) is 63.4 Å². The minimum Gasteiger partial charge on any atom is -0.353 e. The maximum absolute atomic E-state index is 12.9. The highest BCUT2D eigenvalue weighted by Crippen LogP contribution is 2.27. The summed E-state index contributed by atoms with van der Waals surface area (Å²) in [6.07, 6.45) is 6.27. The van der Waals surface area contributed by atoms with Gasteiger partial charge in [0, 0.05) is 31.6 Å². The molecule has 1 saturated carbocycles. The van der Waals surface area contributed by atoms with Gasteiger partial charge in [0.15, 0.2) is 0 Å². The topological polar surface area (TPSA) is 75.4 Å². The highest BCUT2D eigenvalue weighted by atomic mass is 35.5. The minimum absolute atomic E-state index is 0. The molecule has 1 saturated heterocycles. The fourth-order valence-corrected chi connectivity index (χ4v) is 4.55. The molecule has 0 aromatic heterocycles. The van der Waals surface area contributed by atoms with Crippen LogP contribution in [0.3, 0.4) is 0 Å². The van der Waals surface area contributed by atoms with Gasteiger partial charge in [-0.15, -0.1) is 12.4 Å². The summed E-state index contributed by atoms with van der Waals surface area (Å²) >= 11 is 0. The summed E-state index contributed by atoms with van der Waals surface area (Å²) in [5, 5.41) is 3.17. The van der Waals surface area contributed by atoms with Crippen molar-refractivity contribution in [1.29, 1.82) is 0 Å². The fraction of sp³-hybridized carbons (Fsp3) is 0.636. The summed E-state index contributed by atoms with van der Waals surface area (Å²) in [6, 6.07) is 10.4. The molecule has 1 aliphatic carbocycles. The standard InChI is InChI=1S/C22H33N3O2.ClH/c1-2-19(16-7-4-3-5-8-16)22(27)25-13-11-18(12-14-25)24-21(26)15-17-9-6-10-20(17)23;/h3-5,7-8,17-20H,2,6,9-15,23H2,1H3,(H,24,26);1H/t17-,19?,20+;/m0./s1. The van der Waals surface area contributed by atoms with Crippen molar-refractivity contribution in [2.75, 3.05) is 13.1 Å². The summed E-state index contributed by atoms with van der Waals surface area (Å²) in [6.45, 7) is 3.50. The highest BCUT2D eigenvalue weighted by Gasteiger charge is 2.30. The molecule has 3 N–H and O–H groups in total. The van der Waals surface area contributed by atoms with E-state index in [9.17, 15) is 9.59 Å². The van der Waals surface area contributed by atoms with Gasteiger partial charge in [-0.3, -0.25) is 9.59 Å². The van der Waals surface area contributed by atoms with Gasteiger partial charge >= 0.3 is 0 Å². The lowest BCUT2D eigenvalue weighted by molar-refractivity contribution is -0.134. The Morgan fingerprint density at radius 3 is 2.39 bits per heavy atom. The van der Waals surface area contributed by atoms with Gasteiger partial charge in [-0.2, -0.15) is 0 Å². The summed E-state index contributed by atoms with van der Waals surface area (Å²) in [5.41, 5.74) is 7.17. The van der Waals surface area contributed by atoms with E-state index in [0.29, 0.717) is 12.3 Å². The van der Waals surface area contributed by atoms with Gasteiger partial charge < -0.3 is 16.0 Å². The first kappa shape index (κ1) is 22.7. The Kier molecular flexibility index (Phi) is 8.77. The number of carbonyl (C=O) groups is 2. The number of rotatable bonds is 6. The third kappa shape index (κ3) is 5.71. The number of likely N-dealkylation sites (tertiary alicyclic amines) is 1. The molecule has 5 nitrogen and oxygen atoms in total. The van der Waals surface area contributed by atoms with E-state index in [0.717, 1.165) is 57.2 Å². The van der Waals surface area contributed by atoms with Crippen molar-refractivity contribution in [3.8, 4) is 0 Å². The molecule has 6 heteroatoms. The third-order valence-corrected chi connectivity index (χ3v) is 6.25. The SMILES string of the molecule is CCC(C(=O)N1CCC(NC(=O)C[C@@H]2CCC[C@H]2N)CC1)c1ccccc1.Cl. The predicted octanol–water partition coefficient (Wildman–Crippen LogP) is 3.23. The Morgan fingerprint density at radius 1 is 1.14 bits per heavy atom. The summed E-state index contributed by atoms with van der Waals surface area (Å²) in [4.78, 5) is 27.2. The lowest BCUT2D eigenvalue weighted by Crippen LogP contribution is -2.48. The van der Waals surface area contributed by atoms with Gasteiger partial charge in [0.1, 0.15) is 0 Å². The van der Waals surface area contributed by atoms with Gasteiger partial charge in [0.05, 0.1) is 5.92 Å². The van der Waals surface area contributed by atoms with Crippen molar-refractivity contribution >= 4 is 24.2 Å². The van der Waals surface area contributed by atoms with Gasteiger partial charge in [-0.1, -0.05) is 43.7 Å². The highest BCUT2D eigenvalue weighted by molar-refractivity contribution is 5.85. The monoisotopic (exact) mass is 407 g/mol. The molecule has 1 aliphatic heterocycles. The Bertz CT molecular complexity index is 632. The van der Waals surface area contributed by atoms with Gasteiger partial charge in [0.2, 0.25) is 11.8 Å². The maximum atomic E-state index is 12.9. The second-order valence-electron chi connectivity index (χ2n) is 8.10. The molecule has 28 heavy (non-hydrogen) atoms. The second kappa shape index (κ2) is 10.8. The molecule has 1 aromatic rings. The van der Waals surface area contributed by atoms with E-state index in [1.165, 1.54) is 0 Å². The number of benzene rings is 1. The lowest BCUT2D eigenvalue weighted by Gasteiger charge is -2.34. The number of carbonyl (C=O) groups excluding carboxylic acids is 2. The molecule has 0 bridgehead atoms. The van der Waals surface area contributed by atoms with E-state index in [2.05, 4.69) is 12.2 Å². The molecule has 156 valence electrons. The number of hydrogen-bond donors (Lipinski definition) is 2. The molecule has 2 fully saturated rings. The Balaban J connectivity index is 0.00000280. The summed E-state index contributed by atoms with van der Waals surface area (Å²) in [5.74, 6) is 0.604. The molecular formula is C22H34ClN3O2. The first-order chi connectivity index (χ1) is 13.1. The van der Waals surface area contributed by atoms with Crippen molar-refractivity contribution in [3.05, 3.63) is 35.9 Å². The third-order valence-electron chi connectivity index (χ3n) is 6.25. The molecule has 2 aliphatic rings. The number of halogens is 1. The number of piperidine rings is 1. The molecule has 0 radical (unpaired) electrons. The van der Waals surface area contributed by atoms with Crippen molar-refractivity contribution in [2.24, 2.45) is 11.7 Å². The summed E-state index contributed by atoms with van der Waals surface area (Å²) < 4.78 is 0. The minimum atomic E-state index is -0.0683. The van der Waals surface area contributed by atoms with E-state index in [1.54, 1.807) is 0 Å². The van der Waals surface area contributed by atoms with E-state index in [4.69, 9.17) is 5.73 Å². The Hall–Kier alpha value is -1.59. The number of hydrogen-bond acceptors (Lipinski definition) is 3. The molecular weight excluding hydrogens is 374 g/mol. The molecule has 1 aromatic carbocycles. The molecule has 3 rings (SSSR count). The van der Waals surface area contributed by atoms with E-state index < -0.39 is 0 Å². The van der Waals surface area contributed by atoms with E-state index >= 15 is 0 Å². The van der Waals surface area contributed by atoms with Crippen molar-refractivity contribution < 1.29 is 9.59 Å². The second-order valence-corrected chi connectivity index (χ2v) is 8.10. The average Bonchev–Trinajstić information content (AvgIpc) is 3.08. The molecule has 0 spiro atoms. The van der Waals surface area contributed by atoms with E-state index in [-0.39, 0.29) is 42.2 Å². The Labute approximate surface area is 174 Å². The quantitative estimate of drug-likeness (QED) is 0.760. The van der Waals surface area contributed by atoms with Crippen LogP contribution in [0.2, 0.25) is 0 Å². The van der Waals surface area contributed by atoms with Crippen molar-refractivity contribution in [3.63, 3.8) is 0 Å². The first-order valence-corrected chi connectivity index (χ1v) is 10.5. The van der Waals surface area contributed by atoms with Gasteiger partial charge in [-0.05, 0) is 43.6 Å². The first-order valence-electron chi connectivity index (χ1n) is 10.5. The van der Waals surface area contributed by atoms with Gasteiger partial charge in [0.25, 0.3) is 0 Å². The summed E-state index contributed by atoms with van der Waals surface area (Å²) in [7, 11) is 0. The zero-order valence-electron chi connectivity index (χ0n) is 16.8. The number of nitrogens with one attached hydrogen (secondary N) is 1. The largest absolute Gasteiger partial charge is 0.353 e. The average molecular weight is 408 g/mol. The van der Waals surface area contributed by atoms with Crippen LogP contribution in [0.15, 0.2) is 30.3 Å². The normalized spacial score (nSPS) is 23.7. The van der Waals surface area contributed by atoms with Crippen LogP contribution in [-0.2, 0) is 9.59 Å².